The molecule has 2 heterocycles. The van der Waals surface area contributed by atoms with Gasteiger partial charge in [-0.2, -0.15) is 0 Å². The Hall–Kier alpha value is -7.60. The molecule has 2 atom stereocenters. The van der Waals surface area contributed by atoms with Gasteiger partial charge in [-0.15, -0.1) is 0 Å². The first-order chi connectivity index (χ1) is 41.8. The van der Waals surface area contributed by atoms with E-state index in [2.05, 4.69) is 9.80 Å². The highest BCUT2D eigenvalue weighted by Crippen LogP contribution is 2.89. The highest BCUT2D eigenvalue weighted by atomic mass is 16.5. The molecular weight excluding hydrogens is 1030 g/mol. The van der Waals surface area contributed by atoms with Gasteiger partial charge in [0.05, 0.1) is 74.5 Å². The molecule has 8 nitrogen and oxygen atoms in total. The average molecular weight is 1070 g/mol. The van der Waals surface area contributed by atoms with Crippen molar-refractivity contribution in [2.24, 2.45) is 11.5 Å². The molecule has 2 unspecified atom stereocenters. The summed E-state index contributed by atoms with van der Waals surface area (Å²) in [6.07, 6.45) is 0. The molecule has 0 amide bonds. The van der Waals surface area contributed by atoms with Crippen LogP contribution in [0.4, 0.5) is 0 Å². The Bertz CT molecular complexity index is 7050. The van der Waals surface area contributed by atoms with Crippen molar-refractivity contribution in [2.75, 3.05) is 105 Å². The van der Waals surface area contributed by atoms with E-state index in [1.807, 2.05) is 0 Å². The van der Waals surface area contributed by atoms with Crippen LogP contribution in [0.15, 0.2) is 0 Å². The normalized spacial score (nSPS) is 25.9. The fourth-order valence-electron chi connectivity index (χ4n) is 28.8. The van der Waals surface area contributed by atoms with Crippen LogP contribution in [-0.2, 0) is 40.6 Å². The van der Waals surface area contributed by atoms with Crippen molar-refractivity contribution >= 4 is 248 Å². The van der Waals surface area contributed by atoms with Crippen LogP contribution in [0.5, 0.6) is 0 Å². The van der Waals surface area contributed by atoms with E-state index in [-0.39, 0.29) is 21.7 Å². The Morgan fingerprint density at radius 1 is 0.214 bits per heavy atom. The van der Waals surface area contributed by atoms with Crippen LogP contribution in [-0.4, -0.2) is 115 Å². The summed E-state index contributed by atoms with van der Waals surface area (Å²) in [6.45, 7) is 12.0. The molecule has 4 N–H and O–H groups in total. The third-order valence-electron chi connectivity index (χ3n) is 29.1. The number of hydrogen-bond acceptors (Lipinski definition) is 8. The van der Waals surface area contributed by atoms with E-state index in [0.717, 1.165) is 39.3 Å². The van der Waals surface area contributed by atoms with Gasteiger partial charge in [0, 0.05) is 52.4 Å². The maximum atomic E-state index is 6.65. The van der Waals surface area contributed by atoms with E-state index >= 15 is 0 Å². The summed E-state index contributed by atoms with van der Waals surface area (Å²) in [7, 11) is 0. The molecule has 0 aromatic heterocycles. The van der Waals surface area contributed by atoms with E-state index in [1.54, 1.807) is 303 Å². The standard InChI is InChI=1S/C76H36N4O4/c77-1-5-81-9-11-83-7-3-79-13-73-65-51-41-30-21-17-18-20-25-19(17)26-23-28(21)36(41)47-39-32(23)43-34(26)45-38(25)46-35-27(20)24-29-22(18)31(30)42-37(29)48-40-33(24)44(35)56-60-50(40)62(58(48)66(73)52(42)51)72-64-63-69-59(49(39)61(57(47)65)71(63)76(72,73)16-79)55(43)67-53(45)54(46)68(56)75(70(60)64)15-80(14-74(67,69)75)4-8-84-12-10-82-6-2-78/h1-16,77-78H2. The van der Waals surface area contributed by atoms with Gasteiger partial charge in [-0.1, -0.05) is 0 Å². The first-order valence-electron chi connectivity index (χ1n) is 31.9. The molecule has 2 saturated heterocycles. The Morgan fingerprint density at radius 2 is 0.381 bits per heavy atom. The van der Waals surface area contributed by atoms with Gasteiger partial charge in [0.2, 0.25) is 0 Å². The van der Waals surface area contributed by atoms with Crippen molar-refractivity contribution in [3.63, 3.8) is 0 Å². The zero-order valence-electron chi connectivity index (χ0n) is 45.0. The van der Waals surface area contributed by atoms with Gasteiger partial charge in [0.15, 0.2) is 0 Å². The van der Waals surface area contributed by atoms with Gasteiger partial charge < -0.3 is 30.4 Å². The summed E-state index contributed by atoms with van der Waals surface area (Å²) < 4.78 is 25.1. The van der Waals surface area contributed by atoms with Gasteiger partial charge in [0.1, 0.15) is 0 Å². The lowest BCUT2D eigenvalue weighted by Crippen LogP contribution is -2.51. The molecule has 84 heavy (non-hydrogen) atoms. The van der Waals surface area contributed by atoms with Crippen molar-refractivity contribution in [3.05, 3.63) is 44.5 Å². The van der Waals surface area contributed by atoms with Crippen LogP contribution in [0.25, 0.3) is 259 Å². The third kappa shape index (κ3) is 2.31. The molecule has 384 valence electrons. The van der Waals surface area contributed by atoms with E-state index < -0.39 is 0 Å². The fraction of sp³-hybridized carbons (Fsp3) is 0.263. The molecule has 2 fully saturated rings. The second kappa shape index (κ2) is 9.43. The summed E-state index contributed by atoms with van der Waals surface area (Å²) in [4.78, 5) is 5.95. The van der Waals surface area contributed by atoms with Crippen molar-refractivity contribution in [1.29, 1.82) is 0 Å². The molecule has 10 aliphatic rings. The maximum Gasteiger partial charge on any atom is 0.0701 e. The highest BCUT2D eigenvalue weighted by molar-refractivity contribution is 6.79. The van der Waals surface area contributed by atoms with E-state index in [1.165, 1.54) is 0 Å². The Morgan fingerprint density at radius 3 is 0.607 bits per heavy atom. The third-order valence-corrected chi connectivity index (χ3v) is 29.1. The van der Waals surface area contributed by atoms with E-state index in [0.29, 0.717) is 65.9 Å². The first kappa shape index (κ1) is 37.0. The largest absolute Gasteiger partial charge is 0.378 e. The Labute approximate surface area is 468 Å². The molecule has 2 aliphatic heterocycles. The second-order valence-corrected chi connectivity index (χ2v) is 30.1. The lowest BCUT2D eigenvalue weighted by atomic mass is 9.49. The quantitative estimate of drug-likeness (QED) is 0.0730. The topological polar surface area (TPSA) is 95.4 Å². The van der Waals surface area contributed by atoms with Crippen molar-refractivity contribution < 1.29 is 18.9 Å². The summed E-state index contributed by atoms with van der Waals surface area (Å²) in [5.74, 6) is 0. The Kier molecular flexibility index (Phi) is 4.15. The van der Waals surface area contributed by atoms with Gasteiger partial charge in [0.25, 0.3) is 0 Å². The van der Waals surface area contributed by atoms with Crippen LogP contribution in [0, 0.1) is 0 Å². The molecule has 4 spiro atoms. The number of ether oxygens (including phenoxy) is 4. The monoisotopic (exact) mass is 1070 g/mol. The molecule has 0 bridgehead atoms. The van der Waals surface area contributed by atoms with E-state index in [9.17, 15) is 0 Å². The zero-order valence-corrected chi connectivity index (χ0v) is 45.0. The van der Waals surface area contributed by atoms with Crippen molar-refractivity contribution in [1.82, 2.24) is 9.80 Å². The van der Waals surface area contributed by atoms with Crippen LogP contribution in [0.1, 0.15) is 44.5 Å². The molecule has 24 aromatic carbocycles. The number of nitrogens with two attached hydrogens (primary N) is 2. The predicted octanol–water partition coefficient (Wildman–Crippen LogP) is 13.4. The number of benzene rings is 16. The minimum Gasteiger partial charge on any atom is -0.378 e. The SMILES string of the molecule is NCCOCCOCCN1CC23c4c5c6c7c8c9c%10c%11c%12c%13c%14c(c-5c5c%15c%16c(c%17c%18c2c2c4c7c4c8c7c%10c8c%10c%11c%11c%13c(c%14%15)c%13c%16c%14c%17c%15c%18c%16c2c4c2c7c8c4c(c%162)c%15c2c%14c%13c%11c%10c24)C53C1)C61CN(CCOCCOCCN)CC9%121. The van der Waals surface area contributed by atoms with Crippen molar-refractivity contribution in [3.8, 4) is 11.1 Å². The molecule has 8 aliphatic carbocycles. The fourth-order valence-corrected chi connectivity index (χ4v) is 28.8. The van der Waals surface area contributed by atoms with Gasteiger partial charge >= 0.3 is 0 Å². The zero-order chi connectivity index (χ0) is 51.6. The minimum absolute atomic E-state index is 0.255. The predicted molar refractivity (Wildman–Crippen MR) is 340 cm³/mol. The molecule has 0 radical (unpaired) electrons. The van der Waals surface area contributed by atoms with Crippen LogP contribution >= 0.6 is 0 Å². The summed E-state index contributed by atoms with van der Waals surface area (Å²) in [5.41, 5.74) is 28.4. The summed E-state index contributed by atoms with van der Waals surface area (Å²) >= 11 is 0. The smallest absolute Gasteiger partial charge is 0.0701 e. The average Bonchev–Trinajstić information content (AvgIpc) is 1.38. The molecule has 0 saturated carbocycles. The molecular formula is C76H36N4O4. The van der Waals surface area contributed by atoms with Gasteiger partial charge in [-0.25, -0.2) is 0 Å². The summed E-state index contributed by atoms with van der Waals surface area (Å²) in [5, 5.41) is 76.9. The van der Waals surface area contributed by atoms with Crippen LogP contribution < -0.4 is 11.5 Å². The lowest BCUT2D eigenvalue weighted by molar-refractivity contribution is 0.0428. The van der Waals surface area contributed by atoms with Crippen LogP contribution in [0.3, 0.4) is 0 Å². The number of nitrogens with zero attached hydrogens (tertiary/aromatic N) is 2. The van der Waals surface area contributed by atoms with Gasteiger partial charge in [-0.3, -0.25) is 9.80 Å². The maximum absolute atomic E-state index is 6.65. The van der Waals surface area contributed by atoms with Crippen molar-refractivity contribution in [2.45, 2.75) is 21.7 Å². The lowest BCUT2D eigenvalue weighted by Gasteiger charge is -2.50. The van der Waals surface area contributed by atoms with E-state index in [4.69, 9.17) is 30.4 Å². The minimum atomic E-state index is -0.265. The first-order valence-corrected chi connectivity index (χ1v) is 31.9. The second-order valence-electron chi connectivity index (χ2n) is 30.1. The highest BCUT2D eigenvalue weighted by Gasteiger charge is 2.79. The number of likely N-dealkylation sites (tertiary alicyclic amines) is 2. The molecule has 24 aromatic rings. The number of hydrogen-bond donors (Lipinski definition) is 2. The molecule has 34 rings (SSSR count). The van der Waals surface area contributed by atoms with Crippen LogP contribution in [0.2, 0.25) is 0 Å². The summed E-state index contributed by atoms with van der Waals surface area (Å²) in [6, 6.07) is 0. The van der Waals surface area contributed by atoms with Gasteiger partial charge in [-0.05, 0) is 303 Å². The molecule has 8 heteroatoms. The number of rotatable bonds is 16. The Balaban J connectivity index is 0.899.